The Morgan fingerprint density at radius 1 is 0.600 bits per heavy atom. The lowest BCUT2D eigenvalue weighted by Gasteiger charge is -2.11. The highest BCUT2D eigenvalue weighted by Gasteiger charge is 2.15. The molecule has 0 spiro atoms. The highest BCUT2D eigenvalue weighted by molar-refractivity contribution is 7.13. The number of nitrogens with zero attached hydrogens (tertiary/aromatic N) is 3. The number of hydrogen-bond acceptors (Lipinski definition) is 3. The second-order valence-electron chi connectivity index (χ2n) is 12.2. The minimum Gasteiger partial charge on any atom is -0.343 e. The van der Waals surface area contributed by atoms with Crippen molar-refractivity contribution in [2.45, 2.75) is 0 Å². The Balaban J connectivity index is 0.000000146. The van der Waals surface area contributed by atoms with E-state index < -0.39 is 0 Å². The third-order valence-electron chi connectivity index (χ3n) is 9.25. The highest BCUT2D eigenvalue weighted by atomic mass is 32.1. The van der Waals surface area contributed by atoms with Gasteiger partial charge in [-0.3, -0.25) is 10.4 Å². The summed E-state index contributed by atoms with van der Waals surface area (Å²) in [5, 5.41) is 14.7. The van der Waals surface area contributed by atoms with E-state index in [-0.39, 0.29) is 0 Å². The predicted molar refractivity (Wildman–Crippen MR) is 214 cm³/mol. The lowest BCUT2D eigenvalue weighted by atomic mass is 9.94. The first kappa shape index (κ1) is 31.0. The number of aryl methyl sites for hydroxylation is 1. The third-order valence-corrected chi connectivity index (χ3v) is 10.2. The maximum absolute atomic E-state index is 8.77. The zero-order valence-corrected chi connectivity index (χ0v) is 28.4. The van der Waals surface area contributed by atoms with Crippen LogP contribution >= 0.6 is 11.3 Å². The van der Waals surface area contributed by atoms with Gasteiger partial charge < -0.3 is 9.13 Å². The Kier molecular flexibility index (Phi) is 8.25. The Labute approximate surface area is 295 Å². The molecule has 0 aliphatic heterocycles. The Morgan fingerprint density at radius 3 is 1.88 bits per heavy atom. The molecule has 0 fully saturated rings. The first-order valence-corrected chi connectivity index (χ1v) is 17.4. The number of rotatable bonds is 6. The SMILES string of the molecule is C=Nc1ccsc1C(=N)c1cc(-c2ccccc2)cc(-c2ccccc2)c1.Cn1c2ccccc2c2ccc3c(ccn3-c3ccccc3)c21. The molecular weight excluding hydrogens is 629 g/mol. The standard InChI is InChI=1S/C24H18N2S.C21H16N2/c1-26-22-12-13-27-24(22)23(25)21-15-19(17-8-4-2-5-9-17)14-20(16-21)18-10-6-3-7-11-18;1-22-19-10-6-5-9-16(19)17-11-12-20-18(21(17)22)13-14-23(20)15-7-3-2-4-8-15/h2-16,25H,1H2;2-14H,1H3. The van der Waals surface area contributed by atoms with Crippen LogP contribution in [0.1, 0.15) is 10.4 Å². The lowest BCUT2D eigenvalue weighted by Crippen LogP contribution is -2.00. The molecule has 4 nitrogen and oxygen atoms in total. The maximum Gasteiger partial charge on any atom is 0.0824 e. The monoisotopic (exact) mass is 662 g/mol. The molecule has 0 bridgehead atoms. The van der Waals surface area contributed by atoms with Gasteiger partial charge in [-0.25, -0.2) is 0 Å². The number of thiophene rings is 1. The van der Waals surface area contributed by atoms with Crippen LogP contribution < -0.4 is 0 Å². The fraction of sp³-hybridized carbons (Fsp3) is 0.0222. The van der Waals surface area contributed by atoms with Gasteiger partial charge >= 0.3 is 0 Å². The molecule has 9 rings (SSSR count). The Hall–Kier alpha value is -6.30. The van der Waals surface area contributed by atoms with Crippen molar-refractivity contribution in [2.75, 3.05) is 0 Å². The summed E-state index contributed by atoms with van der Waals surface area (Å²) in [6, 6.07) is 54.6. The van der Waals surface area contributed by atoms with E-state index in [4.69, 9.17) is 5.41 Å². The van der Waals surface area contributed by atoms with Crippen molar-refractivity contribution in [1.29, 1.82) is 5.41 Å². The number of hydrogen-bond donors (Lipinski definition) is 1. The van der Waals surface area contributed by atoms with Crippen LogP contribution in [-0.4, -0.2) is 21.6 Å². The van der Waals surface area contributed by atoms with Crippen LogP contribution in [0.5, 0.6) is 0 Å². The fourth-order valence-corrected chi connectivity index (χ4v) is 7.64. The summed E-state index contributed by atoms with van der Waals surface area (Å²) in [6.07, 6.45) is 2.16. The minimum atomic E-state index is 0.474. The topological polar surface area (TPSA) is 46.1 Å². The molecule has 1 N–H and O–H groups in total. The van der Waals surface area contributed by atoms with E-state index in [1.54, 1.807) is 0 Å². The average molecular weight is 663 g/mol. The summed E-state index contributed by atoms with van der Waals surface area (Å²) < 4.78 is 4.56. The molecule has 0 aliphatic rings. The average Bonchev–Trinajstić information content (AvgIpc) is 3.92. The predicted octanol–water partition coefficient (Wildman–Crippen LogP) is 12.1. The van der Waals surface area contributed by atoms with Gasteiger partial charge in [-0.2, -0.15) is 0 Å². The number of benzene rings is 6. The van der Waals surface area contributed by atoms with Gasteiger partial charge in [-0.05, 0) is 88.9 Å². The van der Waals surface area contributed by atoms with Gasteiger partial charge in [0.2, 0.25) is 0 Å². The highest BCUT2D eigenvalue weighted by Crippen LogP contribution is 2.35. The summed E-state index contributed by atoms with van der Waals surface area (Å²) in [5.41, 5.74) is 11.6. The number of para-hydroxylation sites is 2. The molecule has 0 atom stereocenters. The van der Waals surface area contributed by atoms with Crippen LogP contribution in [0, 0.1) is 5.41 Å². The van der Waals surface area contributed by atoms with E-state index in [2.05, 4.69) is 149 Å². The zero-order chi connectivity index (χ0) is 34.0. The second-order valence-corrected chi connectivity index (χ2v) is 13.1. The Morgan fingerprint density at radius 2 is 1.22 bits per heavy atom. The van der Waals surface area contributed by atoms with Crippen LogP contribution in [0.25, 0.3) is 60.6 Å². The molecule has 0 radical (unpaired) electrons. The molecule has 0 amide bonds. The van der Waals surface area contributed by atoms with Crippen LogP contribution in [0.3, 0.4) is 0 Å². The van der Waals surface area contributed by atoms with Crippen molar-refractivity contribution in [3.05, 3.63) is 180 Å². The number of fused-ring (bicyclic) bond motifs is 5. The van der Waals surface area contributed by atoms with E-state index in [0.717, 1.165) is 38.4 Å². The molecule has 0 unspecified atom stereocenters. The molecule has 9 aromatic rings. The third kappa shape index (κ3) is 5.64. The molecule has 0 aliphatic carbocycles. The van der Waals surface area contributed by atoms with Gasteiger partial charge in [0.1, 0.15) is 0 Å². The quantitative estimate of drug-likeness (QED) is 0.172. The van der Waals surface area contributed by atoms with Gasteiger partial charge in [0.05, 0.1) is 27.3 Å². The molecule has 5 heteroatoms. The molecule has 0 saturated heterocycles. The Bertz CT molecular complexity index is 2570. The second kappa shape index (κ2) is 13.3. The summed E-state index contributed by atoms with van der Waals surface area (Å²) in [7, 11) is 2.16. The van der Waals surface area contributed by atoms with Gasteiger partial charge in [-0.1, -0.05) is 103 Å². The first-order chi connectivity index (χ1) is 24.6. The van der Waals surface area contributed by atoms with E-state index in [1.807, 2.05) is 47.8 Å². The summed E-state index contributed by atoms with van der Waals surface area (Å²) >= 11 is 1.52. The largest absolute Gasteiger partial charge is 0.343 e. The molecule has 50 heavy (non-hydrogen) atoms. The van der Waals surface area contributed by atoms with Crippen LogP contribution in [0.2, 0.25) is 0 Å². The van der Waals surface area contributed by atoms with E-state index in [1.165, 1.54) is 49.7 Å². The van der Waals surface area contributed by atoms with E-state index in [0.29, 0.717) is 5.71 Å². The zero-order valence-electron chi connectivity index (χ0n) is 27.6. The summed E-state index contributed by atoms with van der Waals surface area (Å²) in [5.74, 6) is 0. The fourth-order valence-electron chi connectivity index (χ4n) is 6.82. The van der Waals surface area contributed by atoms with Gasteiger partial charge in [-0.15, -0.1) is 11.3 Å². The smallest absolute Gasteiger partial charge is 0.0824 e. The molecule has 6 aromatic carbocycles. The molecular formula is C45H34N4S. The van der Waals surface area contributed by atoms with Crippen molar-refractivity contribution >= 4 is 62.2 Å². The summed E-state index contributed by atoms with van der Waals surface area (Å²) in [4.78, 5) is 4.90. The lowest BCUT2D eigenvalue weighted by molar-refractivity contribution is 1.02. The summed E-state index contributed by atoms with van der Waals surface area (Å²) in [6.45, 7) is 3.63. The van der Waals surface area contributed by atoms with Gasteiger partial charge in [0.25, 0.3) is 0 Å². The van der Waals surface area contributed by atoms with Crippen LogP contribution in [-0.2, 0) is 7.05 Å². The van der Waals surface area contributed by atoms with Crippen molar-refractivity contribution in [3.8, 4) is 27.9 Å². The molecule has 0 saturated carbocycles. The maximum atomic E-state index is 8.77. The van der Waals surface area contributed by atoms with Gasteiger partial charge in [0, 0.05) is 46.2 Å². The van der Waals surface area contributed by atoms with E-state index >= 15 is 0 Å². The number of aromatic nitrogens is 2. The van der Waals surface area contributed by atoms with Gasteiger partial charge in [0.15, 0.2) is 0 Å². The minimum absolute atomic E-state index is 0.474. The van der Waals surface area contributed by atoms with Crippen molar-refractivity contribution in [2.24, 2.45) is 12.0 Å². The normalized spacial score (nSPS) is 11.1. The first-order valence-electron chi connectivity index (χ1n) is 16.5. The van der Waals surface area contributed by atoms with E-state index in [9.17, 15) is 0 Å². The number of aliphatic imine (C=N–C) groups is 1. The molecule has 3 aromatic heterocycles. The molecule has 240 valence electrons. The van der Waals surface area contributed by atoms with Crippen molar-refractivity contribution < 1.29 is 0 Å². The number of nitrogens with one attached hydrogen (secondary N) is 1. The molecule has 3 heterocycles. The van der Waals surface area contributed by atoms with Crippen LogP contribution in [0.15, 0.2) is 174 Å². The van der Waals surface area contributed by atoms with Crippen molar-refractivity contribution in [3.63, 3.8) is 0 Å². The van der Waals surface area contributed by atoms with Crippen LogP contribution in [0.4, 0.5) is 5.69 Å². The van der Waals surface area contributed by atoms with Crippen molar-refractivity contribution in [1.82, 2.24) is 9.13 Å².